The average Bonchev–Trinajstić information content (AvgIpc) is 3.17. The summed E-state index contributed by atoms with van der Waals surface area (Å²) >= 11 is 0. The van der Waals surface area contributed by atoms with Crippen molar-refractivity contribution < 1.29 is 9.47 Å². The van der Waals surface area contributed by atoms with Crippen LogP contribution in [0.2, 0.25) is 0 Å². The fourth-order valence-corrected chi connectivity index (χ4v) is 5.12. The molecule has 2 aromatic heterocycles. The lowest BCUT2D eigenvalue weighted by molar-refractivity contribution is 0.122. The molecule has 190 valence electrons. The van der Waals surface area contributed by atoms with E-state index in [0.717, 1.165) is 61.4 Å². The van der Waals surface area contributed by atoms with Crippen LogP contribution in [0, 0.1) is 6.92 Å². The Morgan fingerprint density at radius 2 is 1.97 bits per heavy atom. The smallest absolute Gasteiger partial charge is 0.229 e. The molecule has 9 nitrogen and oxygen atoms in total. The molecule has 1 aromatic carbocycles. The van der Waals surface area contributed by atoms with Gasteiger partial charge in [-0.15, -0.1) is 0 Å². The fraction of sp³-hybridized carbons (Fsp3) is 0.444. The van der Waals surface area contributed by atoms with Crippen LogP contribution in [0.15, 0.2) is 42.6 Å². The van der Waals surface area contributed by atoms with Gasteiger partial charge >= 0.3 is 0 Å². The number of nitrogens with one attached hydrogen (secondary N) is 2. The van der Waals surface area contributed by atoms with Crippen molar-refractivity contribution in [2.45, 2.75) is 25.8 Å². The summed E-state index contributed by atoms with van der Waals surface area (Å²) in [7, 11) is 3.66. The number of hydrogen-bond donors (Lipinski definition) is 2. The van der Waals surface area contributed by atoms with Crippen molar-refractivity contribution >= 4 is 29.0 Å². The van der Waals surface area contributed by atoms with Gasteiger partial charge in [0.15, 0.2) is 0 Å². The van der Waals surface area contributed by atoms with E-state index in [1.54, 1.807) is 7.11 Å². The molecule has 2 aliphatic heterocycles. The molecule has 0 saturated carbocycles. The summed E-state index contributed by atoms with van der Waals surface area (Å²) in [4.78, 5) is 19.1. The van der Waals surface area contributed by atoms with Crippen LogP contribution in [0.5, 0.6) is 0 Å². The minimum atomic E-state index is -0.236. The molecule has 0 spiro atoms. The largest absolute Gasteiger partial charge is 0.384 e. The van der Waals surface area contributed by atoms with E-state index >= 15 is 0 Å². The van der Waals surface area contributed by atoms with Crippen molar-refractivity contribution in [2.24, 2.45) is 0 Å². The molecule has 0 unspecified atom stereocenters. The lowest BCUT2D eigenvalue weighted by Crippen LogP contribution is -2.36. The van der Waals surface area contributed by atoms with Crippen LogP contribution < -0.4 is 20.4 Å². The molecule has 0 radical (unpaired) electrons. The summed E-state index contributed by atoms with van der Waals surface area (Å²) in [5.41, 5.74) is 5.23. The van der Waals surface area contributed by atoms with E-state index in [9.17, 15) is 0 Å². The summed E-state index contributed by atoms with van der Waals surface area (Å²) in [6.45, 7) is 9.71. The highest BCUT2D eigenvalue weighted by molar-refractivity contribution is 5.70. The second kappa shape index (κ2) is 10.4. The van der Waals surface area contributed by atoms with Crippen molar-refractivity contribution in [2.75, 3.05) is 68.7 Å². The Balaban J connectivity index is 1.44. The molecule has 0 amide bonds. The molecule has 36 heavy (non-hydrogen) atoms. The number of aryl methyl sites for hydroxylation is 1. The Bertz CT molecular complexity index is 1210. The van der Waals surface area contributed by atoms with E-state index < -0.39 is 0 Å². The quantitative estimate of drug-likeness (QED) is 0.493. The number of ether oxygens (including phenoxy) is 2. The van der Waals surface area contributed by atoms with Crippen LogP contribution in [0.4, 0.5) is 29.0 Å². The van der Waals surface area contributed by atoms with Crippen LogP contribution in [-0.4, -0.2) is 68.6 Å². The third-order valence-electron chi connectivity index (χ3n) is 6.88. The molecule has 4 heterocycles. The lowest BCUT2D eigenvalue weighted by atomic mass is 9.87. The van der Waals surface area contributed by atoms with E-state index in [4.69, 9.17) is 19.4 Å². The van der Waals surface area contributed by atoms with E-state index in [1.165, 1.54) is 11.3 Å². The summed E-state index contributed by atoms with van der Waals surface area (Å²) < 4.78 is 11.1. The Morgan fingerprint density at radius 1 is 1.14 bits per heavy atom. The summed E-state index contributed by atoms with van der Waals surface area (Å²) in [6.07, 6.45) is 1.93. The molecule has 1 fully saturated rings. The summed E-state index contributed by atoms with van der Waals surface area (Å²) in [6, 6.07) is 12.5. The minimum absolute atomic E-state index is 0.236. The zero-order valence-electron chi connectivity index (χ0n) is 21.5. The normalized spacial score (nSPS) is 19.4. The molecule has 0 bridgehead atoms. The van der Waals surface area contributed by atoms with Crippen molar-refractivity contribution in [3.8, 4) is 0 Å². The van der Waals surface area contributed by atoms with Crippen LogP contribution in [0.1, 0.15) is 23.7 Å². The third-order valence-corrected chi connectivity index (χ3v) is 6.88. The molecule has 5 rings (SSSR count). The maximum absolute atomic E-state index is 5.59. The molecule has 2 aliphatic rings. The molecule has 2 N–H and O–H groups in total. The maximum atomic E-state index is 5.59. The highest BCUT2D eigenvalue weighted by Gasteiger charge is 2.42. The number of methoxy groups -OCH3 is 1. The van der Waals surface area contributed by atoms with Gasteiger partial charge in [0.25, 0.3) is 0 Å². The molecular weight excluding hydrogens is 454 g/mol. The molecule has 0 aliphatic carbocycles. The van der Waals surface area contributed by atoms with Gasteiger partial charge < -0.3 is 29.9 Å². The molecular formula is C27H35N7O2. The van der Waals surface area contributed by atoms with Gasteiger partial charge in [0.2, 0.25) is 5.95 Å². The van der Waals surface area contributed by atoms with E-state index in [-0.39, 0.29) is 5.41 Å². The second-order valence-electron chi connectivity index (χ2n) is 9.75. The van der Waals surface area contributed by atoms with Gasteiger partial charge in [0, 0.05) is 61.8 Å². The zero-order valence-corrected chi connectivity index (χ0v) is 21.5. The number of aromatic nitrogens is 3. The van der Waals surface area contributed by atoms with Crippen molar-refractivity contribution in [3.63, 3.8) is 0 Å². The maximum Gasteiger partial charge on any atom is 0.229 e. The van der Waals surface area contributed by atoms with Gasteiger partial charge in [-0.3, -0.25) is 0 Å². The Kier molecular flexibility index (Phi) is 7.04. The number of benzene rings is 1. The Morgan fingerprint density at radius 3 is 2.72 bits per heavy atom. The number of rotatable bonds is 8. The minimum Gasteiger partial charge on any atom is -0.384 e. The van der Waals surface area contributed by atoms with Gasteiger partial charge in [0.05, 0.1) is 25.5 Å². The van der Waals surface area contributed by atoms with Crippen molar-refractivity contribution in [1.82, 2.24) is 20.3 Å². The van der Waals surface area contributed by atoms with Gasteiger partial charge in [-0.05, 0) is 49.9 Å². The number of nitrogens with zero attached hydrogens (tertiary/aromatic N) is 5. The number of hydrogen-bond acceptors (Lipinski definition) is 9. The Hall–Kier alpha value is -3.27. The van der Waals surface area contributed by atoms with Crippen LogP contribution in [0.25, 0.3) is 0 Å². The summed E-state index contributed by atoms with van der Waals surface area (Å²) in [5, 5.41) is 6.59. The second-order valence-corrected chi connectivity index (χ2v) is 9.75. The average molecular weight is 490 g/mol. The molecule has 9 heteroatoms. The van der Waals surface area contributed by atoms with Gasteiger partial charge in [-0.2, -0.15) is 4.98 Å². The molecule has 1 atom stereocenters. The van der Waals surface area contributed by atoms with Crippen LogP contribution in [0.3, 0.4) is 0 Å². The highest BCUT2D eigenvalue weighted by Crippen LogP contribution is 2.43. The molecule has 3 aromatic rings. The number of pyridine rings is 1. The molecule has 1 saturated heterocycles. The fourth-order valence-electron chi connectivity index (χ4n) is 5.12. The number of anilines is 5. The Labute approximate surface area is 212 Å². The first-order chi connectivity index (χ1) is 17.5. The van der Waals surface area contributed by atoms with Crippen LogP contribution in [-0.2, 0) is 21.4 Å². The first-order valence-electron chi connectivity index (χ1n) is 12.5. The summed E-state index contributed by atoms with van der Waals surface area (Å²) in [5.74, 6) is 2.30. The van der Waals surface area contributed by atoms with Gasteiger partial charge in [0.1, 0.15) is 11.6 Å². The number of morpholine rings is 1. The van der Waals surface area contributed by atoms with Crippen molar-refractivity contribution in [1.29, 1.82) is 0 Å². The third kappa shape index (κ3) is 4.86. The van der Waals surface area contributed by atoms with Crippen molar-refractivity contribution in [3.05, 3.63) is 59.4 Å². The standard InChI is InChI=1S/C27H35N7O2/c1-19-14-20(8-9-23(19)33-10-12-36-13-11-33)31-26-29-16-22-25(32-26)34(17-27(22,2)18-35-4)24-7-5-6-21(30-24)15-28-3/h5-9,14,16,28H,10-13,15,17-18H2,1-4H3,(H,29,31,32)/t27-/m1/s1. The van der Waals surface area contributed by atoms with Gasteiger partial charge in [-0.25, -0.2) is 9.97 Å². The van der Waals surface area contributed by atoms with Crippen LogP contribution >= 0.6 is 0 Å². The van der Waals surface area contributed by atoms with E-state index in [2.05, 4.69) is 57.5 Å². The van der Waals surface area contributed by atoms with Gasteiger partial charge in [-0.1, -0.05) is 13.0 Å². The zero-order chi connectivity index (χ0) is 25.1. The van der Waals surface area contributed by atoms with E-state index in [0.29, 0.717) is 19.1 Å². The first kappa shape index (κ1) is 24.4. The predicted octanol–water partition coefficient (Wildman–Crippen LogP) is 3.54. The van der Waals surface area contributed by atoms with E-state index in [1.807, 2.05) is 31.4 Å². The number of fused-ring (bicyclic) bond motifs is 1. The first-order valence-corrected chi connectivity index (χ1v) is 12.5. The predicted molar refractivity (Wildman–Crippen MR) is 143 cm³/mol. The topological polar surface area (TPSA) is 87.7 Å². The highest BCUT2D eigenvalue weighted by atomic mass is 16.5. The SMILES string of the molecule is CNCc1cccc(N2C[C@](C)(COC)c3cnc(Nc4ccc(N5CCOCC5)c(C)c4)nc32)n1. The monoisotopic (exact) mass is 489 g/mol. The lowest BCUT2D eigenvalue weighted by Gasteiger charge is -2.30.